The molecule has 0 radical (unpaired) electrons. The number of nitrogens with one attached hydrogen (secondary N) is 2. The summed E-state index contributed by atoms with van der Waals surface area (Å²) >= 11 is 12.7. The van der Waals surface area contributed by atoms with E-state index < -0.39 is 6.04 Å². The smallest absolute Gasteiger partial charge is 0.309 e. The number of carbonyl (C=O) groups excluding carboxylic acids is 2. The Hall–Kier alpha value is -4.19. The van der Waals surface area contributed by atoms with Crippen LogP contribution in [0.4, 0.5) is 0 Å². The molecular weight excluding hydrogens is 579 g/mol. The van der Waals surface area contributed by atoms with E-state index in [-0.39, 0.29) is 23.5 Å². The van der Waals surface area contributed by atoms with Gasteiger partial charge in [0.15, 0.2) is 5.15 Å². The third kappa shape index (κ3) is 7.35. The van der Waals surface area contributed by atoms with Crippen LogP contribution in [0.3, 0.4) is 0 Å². The number of carbonyl (C=O) groups is 2. The minimum Gasteiger partial charge on any atom is -0.469 e. The zero-order valence-electron chi connectivity index (χ0n) is 22.7. The van der Waals surface area contributed by atoms with Gasteiger partial charge in [-0.1, -0.05) is 47.5 Å². The van der Waals surface area contributed by atoms with Crippen LogP contribution in [0.2, 0.25) is 10.2 Å². The number of ether oxygens (including phenoxy) is 1. The monoisotopic (exact) mass is 606 g/mol. The van der Waals surface area contributed by atoms with E-state index in [1.54, 1.807) is 24.3 Å². The lowest BCUT2D eigenvalue weighted by molar-refractivity contribution is -0.139. The van der Waals surface area contributed by atoms with Gasteiger partial charge in [-0.25, -0.2) is 0 Å². The fourth-order valence-electron chi connectivity index (χ4n) is 4.83. The van der Waals surface area contributed by atoms with Crippen molar-refractivity contribution in [2.75, 3.05) is 20.2 Å². The molecule has 1 amide bonds. The minimum absolute atomic E-state index is 0.174. The van der Waals surface area contributed by atoms with Gasteiger partial charge in [-0.05, 0) is 83.7 Å². The number of hydrogen-bond donors (Lipinski definition) is 2. The Labute approximate surface area is 252 Å². The molecule has 216 valence electrons. The van der Waals surface area contributed by atoms with E-state index in [1.165, 1.54) is 24.2 Å². The summed E-state index contributed by atoms with van der Waals surface area (Å²) in [4.78, 5) is 24.9. The van der Waals surface area contributed by atoms with Crippen molar-refractivity contribution in [1.82, 2.24) is 41.0 Å². The summed E-state index contributed by atoms with van der Waals surface area (Å²) in [6, 6.07) is 14.1. The summed E-state index contributed by atoms with van der Waals surface area (Å²) in [5.41, 5.74) is 4.25. The lowest BCUT2D eigenvalue weighted by Gasteiger charge is -2.21. The summed E-state index contributed by atoms with van der Waals surface area (Å²) < 4.78 is 6.25. The molecule has 2 atom stereocenters. The predicted molar refractivity (Wildman–Crippen MR) is 158 cm³/mol. The van der Waals surface area contributed by atoms with Crippen LogP contribution in [-0.2, 0) is 20.7 Å². The summed E-state index contributed by atoms with van der Waals surface area (Å²) in [6.07, 6.45) is 6.43. The number of esters is 1. The Morgan fingerprint density at radius 3 is 2.71 bits per heavy atom. The Morgan fingerprint density at radius 2 is 2.00 bits per heavy atom. The van der Waals surface area contributed by atoms with E-state index in [0.717, 1.165) is 30.6 Å². The highest BCUT2D eigenvalue weighted by atomic mass is 35.5. The zero-order chi connectivity index (χ0) is 29.5. The number of tetrazole rings is 1. The first-order valence-electron chi connectivity index (χ1n) is 13.3. The second-order valence-corrected chi connectivity index (χ2v) is 10.7. The fourth-order valence-corrected chi connectivity index (χ4v) is 5.21. The minimum atomic E-state index is -0.410. The molecule has 1 unspecified atom stereocenters. The van der Waals surface area contributed by atoms with Crippen LogP contribution < -0.4 is 10.6 Å². The molecule has 1 aliphatic heterocycles. The van der Waals surface area contributed by atoms with Gasteiger partial charge in [-0.15, -0.1) is 10.2 Å². The second kappa shape index (κ2) is 13.6. The van der Waals surface area contributed by atoms with Crippen LogP contribution in [0.25, 0.3) is 22.9 Å². The Kier molecular flexibility index (Phi) is 9.52. The highest BCUT2D eigenvalue weighted by Crippen LogP contribution is 2.31. The number of benzene rings is 2. The quantitative estimate of drug-likeness (QED) is 0.202. The van der Waals surface area contributed by atoms with E-state index in [2.05, 4.69) is 36.4 Å². The molecule has 2 aromatic carbocycles. The topological polar surface area (TPSA) is 137 Å². The molecule has 5 rings (SSSR count). The number of aromatic nitrogens is 6. The Morgan fingerprint density at radius 1 is 1.17 bits per heavy atom. The zero-order valence-corrected chi connectivity index (χ0v) is 24.2. The van der Waals surface area contributed by atoms with Gasteiger partial charge in [0.2, 0.25) is 5.91 Å². The van der Waals surface area contributed by atoms with Crippen LogP contribution in [0.15, 0.2) is 60.9 Å². The summed E-state index contributed by atoms with van der Waals surface area (Å²) in [6.45, 7) is 1.78. The van der Waals surface area contributed by atoms with Gasteiger partial charge in [-0.3, -0.25) is 9.59 Å². The summed E-state index contributed by atoms with van der Waals surface area (Å²) in [5, 5.41) is 27.1. The SMILES string of the molecule is COC(=O)Cc1ccc(-c2cc([C@H](CC3CCNC3)NC(=O)/C=C/c3cc(Cl)ccc3-n3cnnn3)nnc2Cl)cc1. The van der Waals surface area contributed by atoms with Crippen LogP contribution in [0.5, 0.6) is 0 Å². The van der Waals surface area contributed by atoms with Crippen molar-refractivity contribution in [1.29, 1.82) is 0 Å². The van der Waals surface area contributed by atoms with Crippen molar-refractivity contribution in [3.05, 3.63) is 87.9 Å². The van der Waals surface area contributed by atoms with Crippen LogP contribution in [0, 0.1) is 5.92 Å². The standard InChI is InChI=1S/C29H28Cl2N8O3/c1-42-28(41)13-18-2-4-20(5-3-18)23-15-25(35-36-29(23)31)24(12-19-10-11-32-16-19)34-27(40)9-6-21-14-22(30)7-8-26(21)39-17-33-37-38-39/h2-9,14-15,17,19,24,32H,10-13,16H2,1H3,(H,34,40)/b9-6+/t19?,24-/m0/s1. The van der Waals surface area contributed by atoms with Gasteiger partial charge in [0, 0.05) is 22.2 Å². The number of hydrogen-bond acceptors (Lipinski definition) is 9. The van der Waals surface area contributed by atoms with Gasteiger partial charge >= 0.3 is 5.97 Å². The molecule has 3 heterocycles. The van der Waals surface area contributed by atoms with E-state index in [4.69, 9.17) is 27.9 Å². The summed E-state index contributed by atoms with van der Waals surface area (Å²) in [7, 11) is 1.36. The first kappa shape index (κ1) is 29.3. The van der Waals surface area contributed by atoms with Crippen LogP contribution in [0.1, 0.15) is 35.7 Å². The van der Waals surface area contributed by atoms with Crippen molar-refractivity contribution in [3.8, 4) is 16.8 Å². The van der Waals surface area contributed by atoms with Crippen LogP contribution in [-0.4, -0.2) is 62.5 Å². The molecule has 11 nitrogen and oxygen atoms in total. The van der Waals surface area contributed by atoms with Crippen molar-refractivity contribution in [3.63, 3.8) is 0 Å². The highest BCUT2D eigenvalue weighted by molar-refractivity contribution is 6.32. The Balaban J connectivity index is 1.39. The molecule has 13 heteroatoms. The largest absolute Gasteiger partial charge is 0.469 e. The van der Waals surface area contributed by atoms with Crippen molar-refractivity contribution in [2.45, 2.75) is 25.3 Å². The van der Waals surface area contributed by atoms with Crippen molar-refractivity contribution in [2.24, 2.45) is 5.92 Å². The third-order valence-corrected chi connectivity index (χ3v) is 7.53. The van der Waals surface area contributed by atoms with Gasteiger partial charge in [0.1, 0.15) is 6.33 Å². The maximum Gasteiger partial charge on any atom is 0.309 e. The molecule has 1 fully saturated rings. The van der Waals surface area contributed by atoms with Gasteiger partial charge in [0.05, 0.1) is 31.0 Å². The van der Waals surface area contributed by atoms with E-state index in [1.807, 2.05) is 30.3 Å². The molecule has 2 aromatic heterocycles. The number of halogens is 2. The first-order chi connectivity index (χ1) is 20.4. The average molecular weight is 608 g/mol. The number of amides is 1. The molecule has 0 bridgehead atoms. The van der Waals surface area contributed by atoms with Gasteiger partial charge < -0.3 is 15.4 Å². The van der Waals surface area contributed by atoms with Gasteiger partial charge in [0.25, 0.3) is 0 Å². The lowest BCUT2D eigenvalue weighted by Crippen LogP contribution is -2.30. The Bertz CT molecular complexity index is 1570. The molecule has 2 N–H and O–H groups in total. The lowest BCUT2D eigenvalue weighted by atomic mass is 9.95. The maximum absolute atomic E-state index is 13.2. The molecule has 42 heavy (non-hydrogen) atoms. The summed E-state index contributed by atoms with van der Waals surface area (Å²) in [5.74, 6) is -0.263. The van der Waals surface area contributed by atoms with E-state index in [9.17, 15) is 9.59 Å². The van der Waals surface area contributed by atoms with E-state index in [0.29, 0.717) is 39.9 Å². The normalized spacial score (nSPS) is 15.5. The van der Waals surface area contributed by atoms with Crippen molar-refractivity contribution < 1.29 is 14.3 Å². The molecule has 0 spiro atoms. The van der Waals surface area contributed by atoms with Crippen LogP contribution >= 0.6 is 23.2 Å². The maximum atomic E-state index is 13.2. The molecular formula is C29H28Cl2N8O3. The number of rotatable bonds is 10. The predicted octanol–water partition coefficient (Wildman–Crippen LogP) is 4.01. The molecule has 1 saturated heterocycles. The number of methoxy groups -OCH3 is 1. The molecule has 4 aromatic rings. The average Bonchev–Trinajstić information content (AvgIpc) is 3.72. The second-order valence-electron chi connectivity index (χ2n) is 9.87. The molecule has 1 aliphatic rings. The van der Waals surface area contributed by atoms with E-state index >= 15 is 0 Å². The first-order valence-corrected chi connectivity index (χ1v) is 14.1. The van der Waals surface area contributed by atoms with Crippen molar-refractivity contribution >= 4 is 41.2 Å². The highest BCUT2D eigenvalue weighted by Gasteiger charge is 2.24. The fraction of sp³-hybridized carbons (Fsp3) is 0.276. The molecule has 0 aliphatic carbocycles. The number of nitrogens with zero attached hydrogens (tertiary/aromatic N) is 6. The van der Waals surface area contributed by atoms with Gasteiger partial charge in [-0.2, -0.15) is 9.78 Å². The third-order valence-electron chi connectivity index (χ3n) is 7.01. The molecule has 0 saturated carbocycles.